The standard InChI is InChI=1S/C34H43NO4/c1-31-15-5-17-33(3,27(31)13-9-21-7-11-23(36)19-25(21)31)29(38)35-30(39)34(4)18-6-16-32(2)26-20-24(37)12-8-22(26)10-14-28(32)34/h7-8,11-12,19-20,27-28,36-37H,5-6,9-10,13-18H2,1-4H3,(H,35,38,39)/t27-,28-,31-,32-,33+,34+/m1/s1. The van der Waals surface area contributed by atoms with Gasteiger partial charge in [0.05, 0.1) is 10.8 Å². The molecule has 2 fully saturated rings. The summed E-state index contributed by atoms with van der Waals surface area (Å²) in [4.78, 5) is 28.3. The normalized spacial score (nSPS) is 37.0. The van der Waals surface area contributed by atoms with E-state index < -0.39 is 10.8 Å². The number of phenols is 2. The highest BCUT2D eigenvalue weighted by atomic mass is 16.3. The van der Waals surface area contributed by atoms with E-state index in [1.54, 1.807) is 12.1 Å². The van der Waals surface area contributed by atoms with Crippen LogP contribution in [-0.4, -0.2) is 22.0 Å². The van der Waals surface area contributed by atoms with Gasteiger partial charge in [0.2, 0.25) is 11.8 Å². The number of rotatable bonds is 2. The summed E-state index contributed by atoms with van der Waals surface area (Å²) in [5.74, 6) is 0.504. The number of hydrogen-bond donors (Lipinski definition) is 3. The summed E-state index contributed by atoms with van der Waals surface area (Å²) in [7, 11) is 0. The van der Waals surface area contributed by atoms with Crippen LogP contribution >= 0.6 is 0 Å². The van der Waals surface area contributed by atoms with Crippen LogP contribution in [0.25, 0.3) is 0 Å². The summed E-state index contributed by atoms with van der Waals surface area (Å²) in [5, 5.41) is 23.6. The van der Waals surface area contributed by atoms with Gasteiger partial charge in [-0.3, -0.25) is 14.9 Å². The number of phenolic OH excluding ortho intramolecular Hbond substituents is 2. The lowest BCUT2D eigenvalue weighted by molar-refractivity contribution is -0.150. The molecular weight excluding hydrogens is 486 g/mol. The minimum absolute atomic E-state index is 0.106. The Morgan fingerprint density at radius 3 is 1.51 bits per heavy atom. The molecule has 0 aliphatic heterocycles. The molecule has 0 radical (unpaired) electrons. The largest absolute Gasteiger partial charge is 0.508 e. The van der Waals surface area contributed by atoms with Crippen LogP contribution in [0.4, 0.5) is 0 Å². The Morgan fingerprint density at radius 1 is 0.692 bits per heavy atom. The van der Waals surface area contributed by atoms with Crippen molar-refractivity contribution in [2.24, 2.45) is 22.7 Å². The smallest absolute Gasteiger partial charge is 0.232 e. The average Bonchev–Trinajstić information content (AvgIpc) is 2.89. The van der Waals surface area contributed by atoms with Gasteiger partial charge in [-0.2, -0.15) is 0 Å². The van der Waals surface area contributed by atoms with Crippen LogP contribution in [0.5, 0.6) is 11.5 Å². The maximum atomic E-state index is 14.2. The predicted octanol–water partition coefficient (Wildman–Crippen LogP) is 6.46. The number of imide groups is 1. The van der Waals surface area contributed by atoms with E-state index in [1.165, 1.54) is 22.3 Å². The van der Waals surface area contributed by atoms with Gasteiger partial charge >= 0.3 is 0 Å². The third kappa shape index (κ3) is 3.78. The zero-order valence-electron chi connectivity index (χ0n) is 23.9. The van der Waals surface area contributed by atoms with Gasteiger partial charge < -0.3 is 10.2 Å². The molecule has 6 rings (SSSR count). The first-order chi connectivity index (χ1) is 18.4. The lowest BCUT2D eigenvalue weighted by atomic mass is 9.49. The number of amides is 2. The van der Waals surface area contributed by atoms with Crippen molar-refractivity contribution in [2.45, 2.75) is 103 Å². The van der Waals surface area contributed by atoms with E-state index in [4.69, 9.17) is 0 Å². The monoisotopic (exact) mass is 529 g/mol. The van der Waals surface area contributed by atoms with E-state index in [2.05, 4.69) is 33.0 Å². The first-order valence-electron chi connectivity index (χ1n) is 14.9. The Labute approximate surface area is 232 Å². The van der Waals surface area contributed by atoms with E-state index in [9.17, 15) is 19.8 Å². The lowest BCUT2D eigenvalue weighted by Crippen LogP contribution is -2.60. The Bertz CT molecular complexity index is 1250. The van der Waals surface area contributed by atoms with E-state index >= 15 is 0 Å². The second-order valence-electron chi connectivity index (χ2n) is 14.0. The summed E-state index contributed by atoms with van der Waals surface area (Å²) in [6.07, 6.45) is 8.92. The van der Waals surface area contributed by atoms with Crippen molar-refractivity contribution in [3.8, 4) is 11.5 Å². The van der Waals surface area contributed by atoms with Crippen LogP contribution in [0.3, 0.4) is 0 Å². The van der Waals surface area contributed by atoms with Crippen molar-refractivity contribution in [3.63, 3.8) is 0 Å². The van der Waals surface area contributed by atoms with Crippen LogP contribution in [0.15, 0.2) is 36.4 Å². The van der Waals surface area contributed by atoms with Crippen molar-refractivity contribution in [1.29, 1.82) is 0 Å². The third-order valence-electron chi connectivity index (χ3n) is 11.9. The minimum atomic E-state index is -0.648. The number of nitrogens with one attached hydrogen (secondary N) is 1. The van der Waals surface area contributed by atoms with Gasteiger partial charge in [0.15, 0.2) is 0 Å². The molecule has 2 amide bonds. The van der Waals surface area contributed by atoms with Gasteiger partial charge in [-0.1, -0.05) is 52.7 Å². The Hall–Kier alpha value is -2.82. The summed E-state index contributed by atoms with van der Waals surface area (Å²) >= 11 is 0. The number of fused-ring (bicyclic) bond motifs is 6. The maximum Gasteiger partial charge on any atom is 0.232 e. The molecule has 0 aromatic heterocycles. The number of hydrogen-bond acceptors (Lipinski definition) is 4. The molecule has 2 aromatic rings. The van der Waals surface area contributed by atoms with Crippen molar-refractivity contribution in [2.75, 3.05) is 0 Å². The second-order valence-corrected chi connectivity index (χ2v) is 14.0. The van der Waals surface area contributed by atoms with E-state index in [-0.39, 0.29) is 46.0 Å². The molecule has 0 bridgehead atoms. The molecule has 0 unspecified atom stereocenters. The van der Waals surface area contributed by atoms with Gasteiger partial charge in [-0.15, -0.1) is 0 Å². The molecule has 0 spiro atoms. The quantitative estimate of drug-likeness (QED) is 0.390. The van der Waals surface area contributed by atoms with E-state index in [1.807, 2.05) is 24.3 Å². The van der Waals surface area contributed by atoms with E-state index in [0.29, 0.717) is 0 Å². The van der Waals surface area contributed by atoms with Crippen molar-refractivity contribution in [1.82, 2.24) is 5.32 Å². The van der Waals surface area contributed by atoms with Gasteiger partial charge in [0.25, 0.3) is 0 Å². The molecular formula is C34H43NO4. The molecule has 0 heterocycles. The third-order valence-corrected chi connectivity index (χ3v) is 11.9. The van der Waals surface area contributed by atoms with Gasteiger partial charge in [-0.25, -0.2) is 0 Å². The highest BCUT2D eigenvalue weighted by molar-refractivity contribution is 6.00. The SMILES string of the molecule is C[C@]1(C(=O)NC(=O)[C@@]2(C)CCC[C@]3(C)c4cc(O)ccc4CC[C@@H]23)CCC[C@]2(C)c3cc(O)ccc3CC[C@@H]12. The van der Waals surface area contributed by atoms with Crippen LogP contribution in [-0.2, 0) is 33.3 Å². The molecule has 4 aliphatic carbocycles. The topological polar surface area (TPSA) is 86.6 Å². The zero-order chi connectivity index (χ0) is 27.8. The van der Waals surface area contributed by atoms with Crippen LogP contribution in [0.1, 0.15) is 101 Å². The van der Waals surface area contributed by atoms with E-state index in [0.717, 1.165) is 64.2 Å². The number of carbonyl (C=O) groups is 2. The molecule has 208 valence electrons. The first kappa shape index (κ1) is 26.4. The predicted molar refractivity (Wildman–Crippen MR) is 152 cm³/mol. The van der Waals surface area contributed by atoms with Gasteiger partial charge in [0, 0.05) is 0 Å². The molecule has 2 aromatic carbocycles. The molecule has 0 saturated heterocycles. The summed E-state index contributed by atoms with van der Waals surface area (Å²) in [6.45, 7) is 8.64. The molecule has 6 atom stereocenters. The van der Waals surface area contributed by atoms with Crippen LogP contribution in [0, 0.1) is 22.7 Å². The number of benzene rings is 2. The highest BCUT2D eigenvalue weighted by Gasteiger charge is 2.58. The molecule has 5 nitrogen and oxygen atoms in total. The zero-order valence-corrected chi connectivity index (χ0v) is 23.9. The summed E-state index contributed by atoms with van der Waals surface area (Å²) in [5.41, 5.74) is 3.17. The molecule has 5 heteroatoms. The molecule has 3 N–H and O–H groups in total. The number of aromatic hydroxyl groups is 2. The highest BCUT2D eigenvalue weighted by Crippen LogP contribution is 2.59. The average molecular weight is 530 g/mol. The maximum absolute atomic E-state index is 14.2. The lowest BCUT2D eigenvalue weighted by Gasteiger charge is -2.56. The minimum Gasteiger partial charge on any atom is -0.508 e. The Kier molecular flexibility index (Phi) is 5.99. The van der Waals surface area contributed by atoms with Gasteiger partial charge in [0.1, 0.15) is 11.5 Å². The fourth-order valence-corrected chi connectivity index (χ4v) is 9.83. The fourth-order valence-electron chi connectivity index (χ4n) is 9.83. The van der Waals surface area contributed by atoms with Gasteiger partial charge in [-0.05, 0) is 121 Å². The number of aryl methyl sites for hydroxylation is 2. The number of carbonyl (C=O) groups excluding carboxylic acids is 2. The molecule has 4 aliphatic rings. The first-order valence-corrected chi connectivity index (χ1v) is 14.9. The summed E-state index contributed by atoms with van der Waals surface area (Å²) < 4.78 is 0. The molecule has 39 heavy (non-hydrogen) atoms. The van der Waals surface area contributed by atoms with Crippen LogP contribution in [0.2, 0.25) is 0 Å². The molecule has 2 saturated carbocycles. The summed E-state index contributed by atoms with van der Waals surface area (Å²) in [6, 6.07) is 11.4. The Morgan fingerprint density at radius 2 is 1.10 bits per heavy atom. The fraction of sp³-hybridized carbons (Fsp3) is 0.588. The van der Waals surface area contributed by atoms with Crippen molar-refractivity contribution in [3.05, 3.63) is 58.7 Å². The second kappa shape index (κ2) is 8.84. The van der Waals surface area contributed by atoms with Crippen molar-refractivity contribution < 1.29 is 19.8 Å². The van der Waals surface area contributed by atoms with Crippen molar-refractivity contribution >= 4 is 11.8 Å². The Balaban J connectivity index is 1.28. The van der Waals surface area contributed by atoms with Crippen LogP contribution < -0.4 is 5.32 Å².